The van der Waals surface area contributed by atoms with E-state index in [9.17, 15) is 0 Å². The Morgan fingerprint density at radius 3 is 1.08 bits per heavy atom. The molecule has 0 bridgehead atoms. The van der Waals surface area contributed by atoms with Gasteiger partial charge < -0.3 is 4.74 Å². The molecule has 10 rings (SSSR count). The molecule has 0 saturated carbocycles. The first-order valence-corrected chi connectivity index (χ1v) is 20.1. The molecule has 2 heterocycles. The van der Waals surface area contributed by atoms with Gasteiger partial charge in [-0.1, -0.05) is 163 Å². The Labute approximate surface area is 354 Å². The molecule has 8 aromatic carbocycles. The van der Waals surface area contributed by atoms with E-state index in [-0.39, 0.29) is 0 Å². The van der Waals surface area contributed by atoms with Crippen molar-refractivity contribution in [2.45, 2.75) is 6.92 Å². The number of methoxy groups -OCH3 is 1. The Hall–Kier alpha value is -8.16. The second-order valence-electron chi connectivity index (χ2n) is 14.8. The fourth-order valence-corrected chi connectivity index (χ4v) is 7.62. The van der Waals surface area contributed by atoms with Crippen LogP contribution in [0.15, 0.2) is 194 Å². The van der Waals surface area contributed by atoms with Gasteiger partial charge in [0.05, 0.1) is 7.11 Å². The maximum absolute atomic E-state index is 5.42. The molecule has 7 heteroatoms. The predicted molar refractivity (Wildman–Crippen MR) is 245 cm³/mol. The number of aromatic nitrogens is 6. The van der Waals surface area contributed by atoms with E-state index in [1.807, 2.05) is 84.9 Å². The van der Waals surface area contributed by atoms with Crippen molar-refractivity contribution in [1.82, 2.24) is 29.9 Å². The number of hydrogen-bond donors (Lipinski definition) is 0. The molecule has 0 aliphatic heterocycles. The molecule has 10 aromatic rings. The summed E-state index contributed by atoms with van der Waals surface area (Å²) in [5.74, 6) is 4.42. The second kappa shape index (κ2) is 16.2. The fourth-order valence-electron chi connectivity index (χ4n) is 7.62. The van der Waals surface area contributed by atoms with E-state index in [1.165, 1.54) is 5.56 Å². The van der Waals surface area contributed by atoms with Crippen molar-refractivity contribution in [1.29, 1.82) is 0 Å². The zero-order chi connectivity index (χ0) is 41.1. The number of ether oxygens (including phenoxy) is 1. The van der Waals surface area contributed by atoms with Crippen molar-refractivity contribution in [2.24, 2.45) is 0 Å². The van der Waals surface area contributed by atoms with Gasteiger partial charge >= 0.3 is 0 Å². The second-order valence-corrected chi connectivity index (χ2v) is 14.8. The normalized spacial score (nSPS) is 11.1. The van der Waals surface area contributed by atoms with Gasteiger partial charge in [-0.2, -0.15) is 0 Å². The van der Waals surface area contributed by atoms with Crippen LogP contribution in [-0.4, -0.2) is 37.0 Å². The average Bonchev–Trinajstić information content (AvgIpc) is 3.34. The number of hydrogen-bond acceptors (Lipinski definition) is 7. The third-order valence-corrected chi connectivity index (χ3v) is 10.8. The predicted octanol–water partition coefficient (Wildman–Crippen LogP) is 12.9. The summed E-state index contributed by atoms with van der Waals surface area (Å²) in [5.41, 5.74) is 10.9. The van der Waals surface area contributed by atoms with Gasteiger partial charge in [0.1, 0.15) is 5.75 Å². The van der Waals surface area contributed by atoms with Crippen molar-refractivity contribution in [3.05, 3.63) is 200 Å². The molecule has 2 aromatic heterocycles. The number of aryl methyl sites for hydroxylation is 1. The highest BCUT2D eigenvalue weighted by Crippen LogP contribution is 2.39. The zero-order valence-corrected chi connectivity index (χ0v) is 33.6. The summed E-state index contributed by atoms with van der Waals surface area (Å²) in [5, 5.41) is 2.27. The highest BCUT2D eigenvalue weighted by Gasteiger charge is 2.17. The summed E-state index contributed by atoms with van der Waals surface area (Å²) in [6.07, 6.45) is 0. The van der Waals surface area contributed by atoms with Crippen LogP contribution in [0.5, 0.6) is 5.75 Å². The summed E-state index contributed by atoms with van der Waals surface area (Å²) < 4.78 is 5.42. The minimum Gasteiger partial charge on any atom is -0.497 e. The van der Waals surface area contributed by atoms with Crippen LogP contribution >= 0.6 is 0 Å². The van der Waals surface area contributed by atoms with E-state index >= 15 is 0 Å². The van der Waals surface area contributed by atoms with Crippen molar-refractivity contribution in [3.63, 3.8) is 0 Å². The van der Waals surface area contributed by atoms with Gasteiger partial charge in [-0.05, 0) is 76.3 Å². The maximum Gasteiger partial charge on any atom is 0.164 e. The molecule has 0 N–H and O–H groups in total. The lowest BCUT2D eigenvalue weighted by Gasteiger charge is -2.15. The molecule has 0 radical (unpaired) electrons. The van der Waals surface area contributed by atoms with Crippen LogP contribution in [0.2, 0.25) is 0 Å². The van der Waals surface area contributed by atoms with Crippen LogP contribution in [0.4, 0.5) is 0 Å². The lowest BCUT2D eigenvalue weighted by molar-refractivity contribution is 0.415. The molecule has 0 fully saturated rings. The topological polar surface area (TPSA) is 86.6 Å². The van der Waals surface area contributed by atoms with Crippen molar-refractivity contribution < 1.29 is 4.74 Å². The highest BCUT2D eigenvalue weighted by molar-refractivity contribution is 6.07. The summed E-state index contributed by atoms with van der Waals surface area (Å²) in [6.45, 7) is 2.08. The fraction of sp³-hybridized carbons (Fsp3) is 0.0370. The molecule has 0 unspecified atom stereocenters. The van der Waals surface area contributed by atoms with E-state index < -0.39 is 0 Å². The monoisotopic (exact) mass is 786 g/mol. The van der Waals surface area contributed by atoms with E-state index in [0.717, 1.165) is 72.2 Å². The summed E-state index contributed by atoms with van der Waals surface area (Å²) >= 11 is 0. The first-order chi connectivity index (χ1) is 30.1. The Kier molecular flexibility index (Phi) is 9.88. The largest absolute Gasteiger partial charge is 0.497 e. The summed E-state index contributed by atoms with van der Waals surface area (Å²) in [6, 6.07) is 66.1. The van der Waals surface area contributed by atoms with Crippen molar-refractivity contribution >= 4 is 10.8 Å². The molecular formula is C54H38N6O. The van der Waals surface area contributed by atoms with Crippen molar-refractivity contribution in [3.8, 4) is 96.3 Å². The molecule has 61 heavy (non-hydrogen) atoms. The number of nitrogens with zero attached hydrogens (tertiary/aromatic N) is 6. The number of benzene rings is 8. The molecular weight excluding hydrogens is 749 g/mol. The van der Waals surface area contributed by atoms with Gasteiger partial charge in [0.2, 0.25) is 0 Å². The Bertz CT molecular complexity index is 3170. The number of rotatable bonds is 9. The van der Waals surface area contributed by atoms with Gasteiger partial charge in [-0.3, -0.25) is 0 Å². The molecule has 0 aliphatic carbocycles. The zero-order valence-electron chi connectivity index (χ0n) is 33.6. The Balaban J connectivity index is 1.08. The van der Waals surface area contributed by atoms with E-state index in [4.69, 9.17) is 34.6 Å². The van der Waals surface area contributed by atoms with Gasteiger partial charge in [0.25, 0.3) is 0 Å². The lowest BCUT2D eigenvalue weighted by Crippen LogP contribution is -2.00. The van der Waals surface area contributed by atoms with Crippen LogP contribution in [0.25, 0.3) is 101 Å². The summed E-state index contributed by atoms with van der Waals surface area (Å²) in [4.78, 5) is 30.0. The minimum atomic E-state index is 0.587. The van der Waals surface area contributed by atoms with Crippen LogP contribution in [-0.2, 0) is 0 Å². The third kappa shape index (κ3) is 7.64. The molecule has 0 spiro atoms. The standard InChI is InChI=1S/C54H38N6O/c1-35-25-27-39(28-26-35)51-55-49(37-13-5-3-6-14-37)57-53(59-51)43-21-9-19-41(33-43)46-23-11-17-36-18-12-24-47(48(36)46)42-20-10-22-44(34-42)54-58-50(38-15-7-4-8-16-38)56-52(60-54)40-29-31-45(61-2)32-30-40/h3-34H,1-2H3. The van der Waals surface area contributed by atoms with Gasteiger partial charge in [-0.25, -0.2) is 29.9 Å². The first-order valence-electron chi connectivity index (χ1n) is 20.1. The van der Waals surface area contributed by atoms with Gasteiger partial charge in [-0.15, -0.1) is 0 Å². The van der Waals surface area contributed by atoms with Gasteiger partial charge in [0.15, 0.2) is 34.9 Å². The lowest BCUT2D eigenvalue weighted by atomic mass is 9.90. The molecule has 0 saturated heterocycles. The van der Waals surface area contributed by atoms with Crippen LogP contribution in [0.3, 0.4) is 0 Å². The quantitative estimate of drug-likeness (QED) is 0.144. The summed E-state index contributed by atoms with van der Waals surface area (Å²) in [7, 11) is 1.66. The average molecular weight is 787 g/mol. The SMILES string of the molecule is COc1ccc(-c2nc(-c3ccccc3)nc(-c3cccc(-c4cccc5cccc(-c6cccc(-c7nc(-c8ccccc8)nc(-c8ccc(C)cc8)n7)c6)c45)c3)n2)cc1. The molecule has 7 nitrogen and oxygen atoms in total. The first kappa shape index (κ1) is 37.1. The van der Waals surface area contributed by atoms with Crippen molar-refractivity contribution in [2.75, 3.05) is 7.11 Å². The third-order valence-electron chi connectivity index (χ3n) is 10.8. The molecule has 0 aliphatic rings. The maximum atomic E-state index is 5.42. The van der Waals surface area contributed by atoms with Crippen LogP contribution in [0.1, 0.15) is 5.56 Å². The highest BCUT2D eigenvalue weighted by atomic mass is 16.5. The number of fused-ring (bicyclic) bond motifs is 1. The molecule has 0 amide bonds. The van der Waals surface area contributed by atoms with Crippen LogP contribution < -0.4 is 4.74 Å². The van der Waals surface area contributed by atoms with E-state index in [0.29, 0.717) is 34.9 Å². The smallest absolute Gasteiger partial charge is 0.164 e. The molecule has 0 atom stereocenters. The van der Waals surface area contributed by atoms with Crippen LogP contribution in [0, 0.1) is 6.92 Å². The Morgan fingerprint density at radius 2 is 0.656 bits per heavy atom. The van der Waals surface area contributed by atoms with E-state index in [1.54, 1.807) is 7.11 Å². The minimum absolute atomic E-state index is 0.587. The molecule has 290 valence electrons. The van der Waals surface area contributed by atoms with Gasteiger partial charge in [0, 0.05) is 33.4 Å². The van der Waals surface area contributed by atoms with E-state index in [2.05, 4.69) is 116 Å². The Morgan fingerprint density at radius 1 is 0.311 bits per heavy atom.